The van der Waals surface area contributed by atoms with Crippen LogP contribution in [0.15, 0.2) is 24.3 Å². The molecule has 0 saturated heterocycles. The van der Waals surface area contributed by atoms with Crippen LogP contribution in [-0.2, 0) is 20.6 Å². The number of carbonyl (C=O) groups excluding carboxylic acids is 1. The van der Waals surface area contributed by atoms with E-state index < -0.39 is 27.6 Å². The third-order valence-electron chi connectivity index (χ3n) is 2.70. The molecule has 0 heterocycles. The van der Waals surface area contributed by atoms with E-state index in [1.165, 1.54) is 18.2 Å². The van der Waals surface area contributed by atoms with Crippen molar-refractivity contribution in [1.29, 1.82) is 0 Å². The second-order valence-electron chi connectivity index (χ2n) is 4.52. The van der Waals surface area contributed by atoms with Crippen molar-refractivity contribution in [2.75, 3.05) is 0 Å². The lowest BCUT2D eigenvalue weighted by atomic mass is 9.88. The van der Waals surface area contributed by atoms with Gasteiger partial charge in [-0.25, -0.2) is 8.60 Å². The minimum absolute atomic E-state index is 0.00633. The smallest absolute Gasteiger partial charge is 0.243 e. The fourth-order valence-electron chi connectivity index (χ4n) is 1.96. The van der Waals surface area contributed by atoms with E-state index in [1.807, 2.05) is 0 Å². The molecule has 0 aliphatic heterocycles. The molecule has 0 aromatic heterocycles. The summed E-state index contributed by atoms with van der Waals surface area (Å²) in [5.41, 5.74) is 5.13. The van der Waals surface area contributed by atoms with E-state index in [2.05, 4.69) is 0 Å². The lowest BCUT2D eigenvalue weighted by molar-refractivity contribution is -0.121. The highest BCUT2D eigenvalue weighted by molar-refractivity contribution is 7.81. The van der Waals surface area contributed by atoms with Gasteiger partial charge in [0.25, 0.3) is 0 Å². The summed E-state index contributed by atoms with van der Waals surface area (Å²) in [5.74, 6) is -1.80. The third kappa shape index (κ3) is 2.59. The Morgan fingerprint density at radius 1 is 1.50 bits per heavy atom. The summed E-state index contributed by atoms with van der Waals surface area (Å²) in [6.07, 6.45) is 0.00633. The van der Waals surface area contributed by atoms with Gasteiger partial charge in [0.15, 0.2) is 15.8 Å². The second kappa shape index (κ2) is 5.58. The molecule has 18 heavy (non-hydrogen) atoms. The van der Waals surface area contributed by atoms with Crippen LogP contribution in [0.5, 0.6) is 0 Å². The molecule has 0 bridgehead atoms. The quantitative estimate of drug-likeness (QED) is 0.802. The molecular weight excluding hydrogens is 257 g/mol. The molecule has 0 aliphatic carbocycles. The normalized spacial score (nSPS) is 16.3. The van der Waals surface area contributed by atoms with Crippen LogP contribution in [0.2, 0.25) is 0 Å². The first-order valence-electron chi connectivity index (χ1n) is 5.48. The van der Waals surface area contributed by atoms with Gasteiger partial charge >= 0.3 is 0 Å². The first kappa shape index (κ1) is 14.8. The summed E-state index contributed by atoms with van der Waals surface area (Å²) in [7, 11) is 0. The van der Waals surface area contributed by atoms with E-state index in [4.69, 9.17) is 5.73 Å². The molecule has 1 rings (SSSR count). The molecule has 1 amide bonds. The fraction of sp³-hybridized carbons (Fsp3) is 0.417. The first-order chi connectivity index (χ1) is 8.32. The summed E-state index contributed by atoms with van der Waals surface area (Å²) < 4.78 is 33.0. The van der Waals surface area contributed by atoms with Crippen LogP contribution >= 0.6 is 0 Å². The molecule has 2 unspecified atom stereocenters. The molecular formula is C12H16FNO3S. The molecule has 0 radical (unpaired) electrons. The predicted molar refractivity (Wildman–Crippen MR) is 67.5 cm³/mol. The molecule has 1 aromatic carbocycles. The molecule has 0 spiro atoms. The molecule has 0 saturated carbocycles. The Hall–Kier alpha value is -1.27. The Bertz CT molecular complexity index is 462. The van der Waals surface area contributed by atoms with Gasteiger partial charge in [0.05, 0.1) is 0 Å². The van der Waals surface area contributed by atoms with E-state index in [0.717, 1.165) is 6.07 Å². The first-order valence-corrected chi connectivity index (χ1v) is 6.59. The zero-order valence-corrected chi connectivity index (χ0v) is 11.0. The number of carbonyl (C=O) groups is 1. The van der Waals surface area contributed by atoms with Gasteiger partial charge in [0, 0.05) is 5.56 Å². The molecule has 2 atom stereocenters. The van der Waals surface area contributed by atoms with Crippen molar-refractivity contribution in [2.24, 2.45) is 11.7 Å². The van der Waals surface area contributed by atoms with Crippen LogP contribution in [0.1, 0.15) is 25.8 Å². The van der Waals surface area contributed by atoms with Gasteiger partial charge in [0.1, 0.15) is 5.82 Å². The Balaban J connectivity index is 3.49. The van der Waals surface area contributed by atoms with E-state index in [9.17, 15) is 17.9 Å². The lowest BCUT2D eigenvalue weighted by Crippen LogP contribution is -2.46. The Morgan fingerprint density at radius 3 is 2.44 bits per heavy atom. The van der Waals surface area contributed by atoms with Crippen molar-refractivity contribution in [3.63, 3.8) is 0 Å². The van der Waals surface area contributed by atoms with Gasteiger partial charge in [-0.3, -0.25) is 4.79 Å². The standard InChI is InChI=1S/C12H16FNO3S/c1-8(2)7-12(11(14)15,18(16)17)9-5-3-4-6-10(9)13/h3-6,8H,7H2,1-2H3,(H2,14,15)(H,16,17). The largest absolute Gasteiger partial charge is 0.368 e. The summed E-state index contributed by atoms with van der Waals surface area (Å²) in [6.45, 7) is 3.54. The van der Waals surface area contributed by atoms with Crippen LogP contribution in [0.3, 0.4) is 0 Å². The van der Waals surface area contributed by atoms with Crippen molar-refractivity contribution in [3.8, 4) is 0 Å². The van der Waals surface area contributed by atoms with E-state index in [-0.39, 0.29) is 17.9 Å². The molecule has 100 valence electrons. The van der Waals surface area contributed by atoms with Crippen LogP contribution in [0, 0.1) is 11.7 Å². The van der Waals surface area contributed by atoms with Gasteiger partial charge < -0.3 is 10.3 Å². The van der Waals surface area contributed by atoms with Crippen molar-refractivity contribution < 1.29 is 17.9 Å². The van der Waals surface area contributed by atoms with Crippen LogP contribution in [0.25, 0.3) is 0 Å². The van der Waals surface area contributed by atoms with Crippen molar-refractivity contribution >= 4 is 17.0 Å². The summed E-state index contributed by atoms with van der Waals surface area (Å²) in [5, 5.41) is 0. The van der Waals surface area contributed by atoms with Crippen LogP contribution in [0.4, 0.5) is 4.39 Å². The van der Waals surface area contributed by atoms with Crippen molar-refractivity contribution in [3.05, 3.63) is 35.6 Å². The minimum atomic E-state index is -2.59. The van der Waals surface area contributed by atoms with Gasteiger partial charge in [-0.2, -0.15) is 0 Å². The van der Waals surface area contributed by atoms with E-state index >= 15 is 0 Å². The molecule has 6 heteroatoms. The number of benzene rings is 1. The summed E-state index contributed by atoms with van der Waals surface area (Å²) >= 11 is -2.59. The average Bonchev–Trinajstić information content (AvgIpc) is 2.25. The topological polar surface area (TPSA) is 80.4 Å². The van der Waals surface area contributed by atoms with E-state index in [1.54, 1.807) is 13.8 Å². The van der Waals surface area contributed by atoms with Crippen LogP contribution < -0.4 is 5.73 Å². The zero-order valence-electron chi connectivity index (χ0n) is 10.2. The van der Waals surface area contributed by atoms with Crippen molar-refractivity contribution in [2.45, 2.75) is 25.0 Å². The maximum absolute atomic E-state index is 13.8. The third-order valence-corrected chi connectivity index (χ3v) is 3.88. The monoisotopic (exact) mass is 273 g/mol. The molecule has 0 aliphatic rings. The molecule has 1 aromatic rings. The Kier molecular flexibility index (Phi) is 4.59. The SMILES string of the molecule is CC(C)CC(C(N)=O)(c1ccccc1F)S(=O)O. The number of hydrogen-bond donors (Lipinski definition) is 2. The fourth-order valence-corrected chi connectivity index (χ4v) is 2.96. The van der Waals surface area contributed by atoms with E-state index in [0.29, 0.717) is 0 Å². The van der Waals surface area contributed by atoms with Gasteiger partial charge in [-0.1, -0.05) is 32.0 Å². The highest BCUT2D eigenvalue weighted by Crippen LogP contribution is 2.35. The maximum Gasteiger partial charge on any atom is 0.243 e. The summed E-state index contributed by atoms with van der Waals surface area (Å²) in [6, 6.07) is 5.40. The number of primary amides is 1. The second-order valence-corrected chi connectivity index (χ2v) is 5.71. The van der Waals surface area contributed by atoms with Crippen molar-refractivity contribution in [1.82, 2.24) is 0 Å². The Labute approximate surface area is 108 Å². The zero-order chi connectivity index (χ0) is 13.9. The lowest BCUT2D eigenvalue weighted by Gasteiger charge is -2.29. The Morgan fingerprint density at radius 2 is 2.06 bits per heavy atom. The van der Waals surface area contributed by atoms with Crippen LogP contribution in [-0.4, -0.2) is 14.7 Å². The predicted octanol–water partition coefficient (Wildman–Crippen LogP) is 1.77. The van der Waals surface area contributed by atoms with Gasteiger partial charge in [-0.05, 0) is 18.4 Å². The highest BCUT2D eigenvalue weighted by atomic mass is 32.2. The molecule has 0 fully saturated rings. The number of rotatable bonds is 5. The summed E-state index contributed by atoms with van der Waals surface area (Å²) in [4.78, 5) is 11.7. The average molecular weight is 273 g/mol. The van der Waals surface area contributed by atoms with Gasteiger partial charge in [-0.15, -0.1) is 0 Å². The maximum atomic E-state index is 13.8. The number of amides is 1. The molecule has 3 N–H and O–H groups in total. The minimum Gasteiger partial charge on any atom is -0.368 e. The highest BCUT2D eigenvalue weighted by Gasteiger charge is 2.47. The number of nitrogens with two attached hydrogens (primary N) is 1. The van der Waals surface area contributed by atoms with Gasteiger partial charge in [0.2, 0.25) is 5.91 Å². The number of hydrogen-bond acceptors (Lipinski definition) is 2. The molecule has 4 nitrogen and oxygen atoms in total. The number of halogens is 1.